The van der Waals surface area contributed by atoms with Crippen LogP contribution in [0.15, 0.2) is 0 Å². The van der Waals surface area contributed by atoms with E-state index in [2.05, 4.69) is 5.73 Å². The van der Waals surface area contributed by atoms with Gasteiger partial charge in [-0.1, -0.05) is 0 Å². The van der Waals surface area contributed by atoms with Gasteiger partial charge in [-0.05, 0) is 0 Å². The summed E-state index contributed by atoms with van der Waals surface area (Å²) in [6.45, 7) is 0. The van der Waals surface area contributed by atoms with Crippen LogP contribution in [0.25, 0.3) is 0 Å². The molecule has 15 heteroatoms. The number of phosphoric acid groups is 2. The van der Waals surface area contributed by atoms with Crippen LogP contribution in [0.3, 0.4) is 0 Å². The van der Waals surface area contributed by atoms with Crippen molar-refractivity contribution in [2.24, 2.45) is 5.73 Å². The van der Waals surface area contributed by atoms with Gasteiger partial charge in [0.25, 0.3) is 0 Å². The molecule has 0 aliphatic rings. The van der Waals surface area contributed by atoms with Gasteiger partial charge in [-0.2, -0.15) is 20.9 Å². The fourth-order valence-corrected chi connectivity index (χ4v) is 0. The maximum Gasteiger partial charge on any atom is 2.00 e. The van der Waals surface area contributed by atoms with E-state index >= 15 is 0 Å². The van der Waals surface area contributed by atoms with Gasteiger partial charge < -0.3 is 44.2 Å². The molecule has 0 rings (SSSR count). The van der Waals surface area contributed by atoms with E-state index in [-0.39, 0.29) is 69.2 Å². The molecular weight excluding hydrogens is 303 g/mol. The number of hydrogen-bond donors (Lipinski definition) is 1. The maximum atomic E-state index is 8.55. The topological polar surface area (TPSA) is 222 Å². The largest absolute Gasteiger partial charge is 2.00 e. The minimum atomic E-state index is -5.39. The van der Waals surface area contributed by atoms with Crippen molar-refractivity contribution >= 4 is 84.8 Å². The molecule has 0 fully saturated rings. The van der Waals surface area contributed by atoms with Crippen molar-refractivity contribution in [1.29, 1.82) is 5.26 Å². The Balaban J connectivity index is -0.0000000220. The summed E-state index contributed by atoms with van der Waals surface area (Å²) in [5.74, 6) is 0. The van der Waals surface area contributed by atoms with Crippen molar-refractivity contribution in [2.75, 3.05) is 0 Å². The second-order valence-corrected chi connectivity index (χ2v) is 2.81. The van der Waals surface area contributed by atoms with E-state index < -0.39 is 15.6 Å². The summed E-state index contributed by atoms with van der Waals surface area (Å²) in [6.07, 6.45) is 1.25. The molecule has 0 bridgehead atoms. The summed E-state index contributed by atoms with van der Waals surface area (Å²) in [4.78, 5) is 51.3. The fourth-order valence-electron chi connectivity index (χ4n) is 0. The average Bonchev–Trinajstić information content (AvgIpc) is 1.52. The van der Waals surface area contributed by atoms with E-state index in [1.54, 1.807) is 0 Å². The predicted molar refractivity (Wildman–Crippen MR) is 42.3 cm³/mol. The zero-order chi connectivity index (χ0) is 11.7. The van der Waals surface area contributed by atoms with Gasteiger partial charge in [-0.25, -0.2) is 0 Å². The Bertz CT molecular complexity index is 206. The first kappa shape index (κ1) is 36.1. The van der Waals surface area contributed by atoms with E-state index in [1.165, 1.54) is 6.19 Å². The molecule has 0 aromatic carbocycles. The first-order chi connectivity index (χ1) is 5.41. The number of rotatable bonds is 0. The second kappa shape index (κ2) is 19.2. The molecule has 0 spiro atoms. The van der Waals surface area contributed by atoms with Crippen LogP contribution in [0, 0.1) is 11.5 Å². The van der Waals surface area contributed by atoms with Crippen molar-refractivity contribution in [3.63, 3.8) is 0 Å². The summed E-state index contributed by atoms with van der Waals surface area (Å²) in [6, 6.07) is 0. The van der Waals surface area contributed by atoms with Crippen LogP contribution in [0.5, 0.6) is 0 Å². The average molecular weight is 305 g/mol. The molecule has 0 radical (unpaired) electrons. The van der Waals surface area contributed by atoms with Gasteiger partial charge in [0.15, 0.2) is 6.19 Å². The standard InChI is InChI=1S/CH2N2.3Mg.2H3O4P/c2-1-3;;;;2*1-5(2,3)4/h2H2;;;;2*(H3,1,2,3,4)/q;3*+2;;/p-6. The molecule has 0 atom stereocenters. The molecular formula is CH2Mg3N2O8P2. The Morgan fingerprint density at radius 3 is 0.812 bits per heavy atom. The van der Waals surface area contributed by atoms with E-state index in [1.807, 2.05) is 0 Å². The van der Waals surface area contributed by atoms with E-state index in [9.17, 15) is 0 Å². The van der Waals surface area contributed by atoms with Gasteiger partial charge in [0, 0.05) is 0 Å². The summed E-state index contributed by atoms with van der Waals surface area (Å²) >= 11 is 0. The predicted octanol–water partition coefficient (Wildman–Crippen LogP) is -7.37. The molecule has 10 nitrogen and oxygen atoms in total. The summed E-state index contributed by atoms with van der Waals surface area (Å²) in [5.41, 5.74) is 4.15. The first-order valence-corrected chi connectivity index (χ1v) is 4.89. The van der Waals surface area contributed by atoms with Gasteiger partial charge in [0.1, 0.15) is 0 Å². The number of hydrogen-bond acceptors (Lipinski definition) is 10. The second-order valence-electron chi connectivity index (χ2n) is 1.02. The summed E-state index contributed by atoms with van der Waals surface area (Å²) in [5, 5.41) is 7.10. The third kappa shape index (κ3) is 1060. The van der Waals surface area contributed by atoms with Crippen molar-refractivity contribution in [3.8, 4) is 6.19 Å². The first-order valence-electron chi connectivity index (χ1n) is 1.97. The third-order valence-corrected chi connectivity index (χ3v) is 0. The van der Waals surface area contributed by atoms with Crippen LogP contribution >= 0.6 is 15.6 Å². The van der Waals surface area contributed by atoms with Gasteiger partial charge in [0.05, 0.1) is 0 Å². The summed E-state index contributed by atoms with van der Waals surface area (Å²) < 4.78 is 17.1. The molecule has 0 unspecified atom stereocenters. The Hall–Kier alpha value is 1.81. The molecule has 80 valence electrons. The minimum Gasteiger partial charge on any atom is -0.822 e. The Labute approximate surface area is 139 Å². The zero-order valence-electron chi connectivity index (χ0n) is 7.81. The molecule has 0 aliphatic carbocycles. The minimum absolute atomic E-state index is 0. The molecule has 16 heavy (non-hydrogen) atoms. The van der Waals surface area contributed by atoms with Crippen molar-refractivity contribution in [3.05, 3.63) is 0 Å². The molecule has 0 amide bonds. The van der Waals surface area contributed by atoms with E-state index in [0.29, 0.717) is 0 Å². The molecule has 2 N–H and O–H groups in total. The van der Waals surface area contributed by atoms with E-state index in [0.717, 1.165) is 0 Å². The van der Waals surface area contributed by atoms with Crippen LogP contribution < -0.4 is 35.1 Å². The van der Waals surface area contributed by atoms with Crippen molar-refractivity contribution < 1.29 is 38.5 Å². The fraction of sp³-hybridized carbons (Fsp3) is 0. The maximum absolute atomic E-state index is 8.55. The quantitative estimate of drug-likeness (QED) is 0.192. The van der Waals surface area contributed by atoms with E-state index in [4.69, 9.17) is 43.8 Å². The molecule has 0 heterocycles. The molecule has 0 saturated carbocycles. The monoisotopic (exact) mass is 304 g/mol. The Kier molecular flexibility index (Phi) is 43.2. The smallest absolute Gasteiger partial charge is 0.822 e. The third-order valence-electron chi connectivity index (χ3n) is 0. The van der Waals surface area contributed by atoms with Crippen LogP contribution in [0.1, 0.15) is 0 Å². The van der Waals surface area contributed by atoms with Gasteiger partial charge in [0.2, 0.25) is 0 Å². The Morgan fingerprint density at radius 1 is 0.812 bits per heavy atom. The number of nitriles is 1. The zero-order valence-corrected chi connectivity index (χ0v) is 13.8. The summed E-state index contributed by atoms with van der Waals surface area (Å²) in [7, 11) is -10.8. The van der Waals surface area contributed by atoms with Crippen LogP contribution in [0.4, 0.5) is 0 Å². The van der Waals surface area contributed by atoms with Crippen LogP contribution in [-0.2, 0) is 9.13 Å². The molecule has 0 saturated heterocycles. The molecule has 0 aromatic heterocycles. The number of nitrogens with zero attached hydrogens (tertiary/aromatic N) is 1. The Morgan fingerprint density at radius 2 is 0.812 bits per heavy atom. The van der Waals surface area contributed by atoms with Crippen molar-refractivity contribution in [1.82, 2.24) is 0 Å². The molecule has 0 aromatic rings. The van der Waals surface area contributed by atoms with Crippen LogP contribution in [0.2, 0.25) is 0 Å². The van der Waals surface area contributed by atoms with Gasteiger partial charge in [-0.15, -0.1) is 0 Å². The SMILES string of the molecule is N#CN.O=P([O-])([O-])[O-].O=P([O-])([O-])[O-].[Mg+2].[Mg+2].[Mg+2]. The molecule has 0 aliphatic heterocycles. The van der Waals surface area contributed by atoms with Crippen LogP contribution in [-0.4, -0.2) is 69.2 Å². The van der Waals surface area contributed by atoms with Gasteiger partial charge >= 0.3 is 69.2 Å². The number of nitrogens with two attached hydrogens (primary N) is 1. The van der Waals surface area contributed by atoms with Crippen molar-refractivity contribution in [2.45, 2.75) is 0 Å². The normalized spacial score (nSPS) is 7.81. The van der Waals surface area contributed by atoms with Gasteiger partial charge in [-0.3, -0.25) is 0 Å².